The van der Waals surface area contributed by atoms with Gasteiger partial charge in [0.2, 0.25) is 15.8 Å². The second-order valence-corrected chi connectivity index (χ2v) is 9.24. The van der Waals surface area contributed by atoms with Gasteiger partial charge in [0.1, 0.15) is 0 Å². The van der Waals surface area contributed by atoms with Gasteiger partial charge in [0, 0.05) is 31.3 Å². The van der Waals surface area contributed by atoms with Crippen molar-refractivity contribution in [3.05, 3.63) is 73.1 Å². The highest BCUT2D eigenvalue weighted by molar-refractivity contribution is 7.89. The van der Waals surface area contributed by atoms with Gasteiger partial charge in [-0.1, -0.05) is 0 Å². The molecule has 184 valence electrons. The average molecular weight is 510 g/mol. The highest BCUT2D eigenvalue weighted by Crippen LogP contribution is 2.31. The van der Waals surface area contributed by atoms with E-state index < -0.39 is 84.4 Å². The molecule has 1 heterocycles. The van der Waals surface area contributed by atoms with Gasteiger partial charge < -0.3 is 5.32 Å². The van der Waals surface area contributed by atoms with Crippen LogP contribution in [0, 0.1) is 49.3 Å². The van der Waals surface area contributed by atoms with E-state index in [0.717, 1.165) is 12.1 Å². The maximum absolute atomic E-state index is 14.3. The SMILES string of the molecule is O=[N+]([O-])c1cc(CN(C[C@@H]2CCCN2)S(=O)(=O)c2c(F)c(F)c(F)c(F)c2F)cc([N+](=O)[O-])c1. The zero-order valence-corrected chi connectivity index (χ0v) is 17.8. The first-order valence-corrected chi connectivity index (χ1v) is 11.0. The Labute approximate surface area is 188 Å². The first-order valence-electron chi connectivity index (χ1n) is 9.52. The Balaban J connectivity index is 2.15. The van der Waals surface area contributed by atoms with E-state index in [2.05, 4.69) is 5.32 Å². The molecule has 0 aliphatic carbocycles. The quantitative estimate of drug-likeness (QED) is 0.189. The van der Waals surface area contributed by atoms with Gasteiger partial charge in [-0.2, -0.15) is 4.31 Å². The Morgan fingerprint density at radius 2 is 1.41 bits per heavy atom. The number of halogens is 5. The van der Waals surface area contributed by atoms with Gasteiger partial charge in [-0.25, -0.2) is 30.4 Å². The molecule has 2 aromatic rings. The maximum Gasteiger partial charge on any atom is 0.276 e. The van der Waals surface area contributed by atoms with E-state index in [9.17, 15) is 50.6 Å². The molecule has 34 heavy (non-hydrogen) atoms. The van der Waals surface area contributed by atoms with Gasteiger partial charge in [-0.3, -0.25) is 20.2 Å². The molecule has 0 unspecified atom stereocenters. The topological polar surface area (TPSA) is 136 Å². The Kier molecular flexibility index (Phi) is 7.13. The van der Waals surface area contributed by atoms with Crippen LogP contribution in [0.1, 0.15) is 18.4 Å². The van der Waals surface area contributed by atoms with Crippen LogP contribution in [0.25, 0.3) is 0 Å². The molecule has 0 aromatic heterocycles. The van der Waals surface area contributed by atoms with Crippen molar-refractivity contribution in [1.29, 1.82) is 0 Å². The van der Waals surface area contributed by atoms with Gasteiger partial charge >= 0.3 is 0 Å². The molecule has 1 aliphatic rings. The normalized spacial score (nSPS) is 16.2. The van der Waals surface area contributed by atoms with Crippen LogP contribution in [-0.2, 0) is 16.6 Å². The van der Waals surface area contributed by atoms with Crippen LogP contribution in [0.2, 0.25) is 0 Å². The van der Waals surface area contributed by atoms with Gasteiger partial charge in [0.05, 0.1) is 15.9 Å². The van der Waals surface area contributed by atoms with Crippen molar-refractivity contribution >= 4 is 21.4 Å². The lowest BCUT2D eigenvalue weighted by atomic mass is 10.1. The molecule has 3 rings (SSSR count). The number of hydrogen-bond donors (Lipinski definition) is 1. The standard InChI is InChI=1S/C18H15F5N4O6S/c19-13-14(20)16(22)18(17(23)15(13)21)34(32,33)25(8-10-2-1-3-24-10)7-9-4-11(26(28)29)6-12(5-9)27(30)31/h4-6,10,24H,1-3,7-8H2/t10-/m0/s1. The van der Waals surface area contributed by atoms with Crippen LogP contribution in [-0.4, -0.2) is 41.7 Å². The minimum Gasteiger partial charge on any atom is -0.313 e. The summed E-state index contributed by atoms with van der Waals surface area (Å²) in [7, 11) is -5.42. The third-order valence-corrected chi connectivity index (χ3v) is 6.93. The molecular weight excluding hydrogens is 495 g/mol. The molecule has 16 heteroatoms. The minimum atomic E-state index is -5.42. The molecule has 1 fully saturated rings. The summed E-state index contributed by atoms with van der Waals surface area (Å²) in [5.74, 6) is -12.6. The molecule has 1 N–H and O–H groups in total. The highest BCUT2D eigenvalue weighted by Gasteiger charge is 2.38. The lowest BCUT2D eigenvalue weighted by molar-refractivity contribution is -0.394. The summed E-state index contributed by atoms with van der Waals surface area (Å²) in [4.78, 5) is 18.2. The van der Waals surface area contributed by atoms with Crippen LogP contribution in [0.15, 0.2) is 23.1 Å². The van der Waals surface area contributed by atoms with Crippen molar-refractivity contribution in [2.45, 2.75) is 30.3 Å². The van der Waals surface area contributed by atoms with Crippen molar-refractivity contribution in [2.24, 2.45) is 0 Å². The molecule has 0 bridgehead atoms. The number of nitro groups is 2. The summed E-state index contributed by atoms with van der Waals surface area (Å²) in [6.45, 7) is -0.940. The van der Waals surface area contributed by atoms with E-state index in [-0.39, 0.29) is 5.56 Å². The van der Waals surface area contributed by atoms with Gasteiger partial charge in [0.25, 0.3) is 11.4 Å². The first kappa shape index (κ1) is 25.4. The molecule has 1 saturated heterocycles. The minimum absolute atomic E-state index is 0.314. The molecule has 0 saturated carbocycles. The lowest BCUT2D eigenvalue weighted by Gasteiger charge is -2.26. The molecule has 1 atom stereocenters. The third kappa shape index (κ3) is 4.83. The van der Waals surface area contributed by atoms with E-state index >= 15 is 0 Å². The Morgan fingerprint density at radius 3 is 1.85 bits per heavy atom. The Bertz CT molecular complexity index is 1210. The summed E-state index contributed by atoms with van der Waals surface area (Å²) >= 11 is 0. The van der Waals surface area contributed by atoms with Crippen molar-refractivity contribution < 1.29 is 40.2 Å². The predicted octanol–water partition coefficient (Wildman–Crippen LogP) is 3.14. The summed E-state index contributed by atoms with van der Waals surface area (Å²) < 4.78 is 96.1. The van der Waals surface area contributed by atoms with E-state index in [4.69, 9.17) is 0 Å². The van der Waals surface area contributed by atoms with Crippen LogP contribution >= 0.6 is 0 Å². The maximum atomic E-state index is 14.3. The lowest BCUT2D eigenvalue weighted by Crippen LogP contribution is -2.41. The fraction of sp³-hybridized carbons (Fsp3) is 0.333. The van der Waals surface area contributed by atoms with Crippen LogP contribution in [0.4, 0.5) is 33.3 Å². The van der Waals surface area contributed by atoms with Crippen LogP contribution in [0.3, 0.4) is 0 Å². The number of rotatable bonds is 8. The number of benzene rings is 2. The summed E-state index contributed by atoms with van der Waals surface area (Å²) in [5.41, 5.74) is -1.85. The third-order valence-electron chi connectivity index (χ3n) is 5.10. The van der Waals surface area contributed by atoms with Gasteiger partial charge in [0.15, 0.2) is 28.2 Å². The number of nitrogens with one attached hydrogen (secondary N) is 1. The van der Waals surface area contributed by atoms with Crippen molar-refractivity contribution in [3.63, 3.8) is 0 Å². The molecule has 1 aliphatic heterocycles. The average Bonchev–Trinajstić information content (AvgIpc) is 3.28. The van der Waals surface area contributed by atoms with Crippen LogP contribution < -0.4 is 5.32 Å². The summed E-state index contributed by atoms with van der Waals surface area (Å²) in [6, 6.07) is 1.64. The number of sulfonamides is 1. The predicted molar refractivity (Wildman–Crippen MR) is 105 cm³/mol. The monoisotopic (exact) mass is 510 g/mol. The molecule has 0 radical (unpaired) electrons. The number of nitro benzene ring substituents is 2. The fourth-order valence-corrected chi connectivity index (χ4v) is 5.09. The van der Waals surface area contributed by atoms with E-state index in [1.54, 1.807) is 0 Å². The smallest absolute Gasteiger partial charge is 0.276 e. The Hall–Kier alpha value is -3.24. The van der Waals surface area contributed by atoms with Crippen LogP contribution in [0.5, 0.6) is 0 Å². The van der Waals surface area contributed by atoms with Gasteiger partial charge in [-0.15, -0.1) is 0 Å². The zero-order chi connectivity index (χ0) is 25.4. The molecular formula is C18H15F5N4O6S. The van der Waals surface area contributed by atoms with E-state index in [1.807, 2.05) is 0 Å². The summed E-state index contributed by atoms with van der Waals surface area (Å²) in [5, 5.41) is 25.2. The molecule has 2 aromatic carbocycles. The summed E-state index contributed by atoms with van der Waals surface area (Å²) in [6.07, 6.45) is 1.00. The molecule has 10 nitrogen and oxygen atoms in total. The second-order valence-electron chi connectivity index (χ2n) is 7.36. The fourth-order valence-electron chi connectivity index (χ4n) is 3.51. The molecule has 0 amide bonds. The molecule has 0 spiro atoms. The largest absolute Gasteiger partial charge is 0.313 e. The number of nitrogens with zero attached hydrogens (tertiary/aromatic N) is 3. The van der Waals surface area contributed by atoms with Crippen molar-refractivity contribution in [3.8, 4) is 0 Å². The van der Waals surface area contributed by atoms with Crippen molar-refractivity contribution in [2.75, 3.05) is 13.1 Å². The number of non-ortho nitro benzene ring substituents is 2. The van der Waals surface area contributed by atoms with E-state index in [0.29, 0.717) is 29.8 Å². The highest BCUT2D eigenvalue weighted by atomic mass is 32.2. The van der Waals surface area contributed by atoms with E-state index in [1.165, 1.54) is 0 Å². The first-order chi connectivity index (χ1) is 15.8. The second kappa shape index (κ2) is 9.55. The van der Waals surface area contributed by atoms with Crippen molar-refractivity contribution in [1.82, 2.24) is 9.62 Å². The van der Waals surface area contributed by atoms with Gasteiger partial charge in [-0.05, 0) is 24.9 Å². The zero-order valence-electron chi connectivity index (χ0n) is 16.9. The Morgan fingerprint density at radius 1 is 0.912 bits per heavy atom. The number of hydrogen-bond acceptors (Lipinski definition) is 7.